The molecule has 1 N–H and O–H groups in total. The molecular weight excluding hydrogens is 232 g/mol. The van der Waals surface area contributed by atoms with Crippen molar-refractivity contribution in [2.24, 2.45) is 5.41 Å². The number of nitrogens with one attached hydrogen (secondary N) is 1. The topological polar surface area (TPSA) is 12.0 Å². The van der Waals surface area contributed by atoms with Crippen LogP contribution in [0.25, 0.3) is 0 Å². The van der Waals surface area contributed by atoms with Crippen LogP contribution in [0.1, 0.15) is 25.3 Å². The number of halogens is 2. The van der Waals surface area contributed by atoms with Crippen LogP contribution in [-0.4, -0.2) is 12.6 Å². The molecule has 1 saturated carbocycles. The maximum Gasteiger partial charge on any atom is 0.162 e. The lowest BCUT2D eigenvalue weighted by molar-refractivity contribution is 0.378. The average molecular weight is 251 g/mol. The summed E-state index contributed by atoms with van der Waals surface area (Å²) in [5, 5.41) is 3.41. The third kappa shape index (κ3) is 3.16. The maximum absolute atomic E-state index is 13.6. The Morgan fingerprint density at radius 1 is 1.44 bits per heavy atom. The van der Waals surface area contributed by atoms with Crippen LogP contribution in [0.15, 0.2) is 30.9 Å². The van der Waals surface area contributed by atoms with Crippen LogP contribution < -0.4 is 5.32 Å². The zero-order valence-electron chi connectivity index (χ0n) is 10.7. The summed E-state index contributed by atoms with van der Waals surface area (Å²) in [6.45, 7) is 6.58. The molecule has 1 aliphatic carbocycles. The highest BCUT2D eigenvalue weighted by molar-refractivity contribution is 5.21. The molecule has 0 spiro atoms. The zero-order valence-corrected chi connectivity index (χ0v) is 10.7. The predicted molar refractivity (Wildman–Crippen MR) is 69.4 cm³/mol. The van der Waals surface area contributed by atoms with Crippen LogP contribution in [0.3, 0.4) is 0 Å². The molecule has 1 unspecified atom stereocenters. The molecule has 1 aromatic carbocycles. The maximum atomic E-state index is 13.6. The first-order chi connectivity index (χ1) is 8.54. The van der Waals surface area contributed by atoms with Gasteiger partial charge in [-0.1, -0.05) is 25.1 Å². The summed E-state index contributed by atoms with van der Waals surface area (Å²) in [5.74, 6) is -1.52. The average Bonchev–Trinajstić information content (AvgIpc) is 3.17. The Hall–Kier alpha value is -1.22. The molecule has 98 valence electrons. The van der Waals surface area contributed by atoms with Crippen molar-refractivity contribution in [3.8, 4) is 0 Å². The van der Waals surface area contributed by atoms with Gasteiger partial charge in [0.05, 0.1) is 0 Å². The molecule has 0 saturated heterocycles. The second-order valence-electron chi connectivity index (χ2n) is 5.40. The van der Waals surface area contributed by atoms with E-state index in [-0.39, 0.29) is 5.41 Å². The SMILES string of the molecule is C=CC(C)(CNC1CC1)Cc1cccc(F)c1F. The summed E-state index contributed by atoms with van der Waals surface area (Å²) in [7, 11) is 0. The smallest absolute Gasteiger partial charge is 0.162 e. The lowest BCUT2D eigenvalue weighted by Gasteiger charge is -2.26. The molecule has 1 aliphatic rings. The van der Waals surface area contributed by atoms with Gasteiger partial charge < -0.3 is 5.32 Å². The summed E-state index contributed by atoms with van der Waals surface area (Å²) < 4.78 is 26.8. The normalized spacial score (nSPS) is 18.4. The first kappa shape index (κ1) is 13.2. The highest BCUT2D eigenvalue weighted by atomic mass is 19.2. The second-order valence-corrected chi connectivity index (χ2v) is 5.40. The summed E-state index contributed by atoms with van der Waals surface area (Å²) in [6.07, 6.45) is 4.70. The van der Waals surface area contributed by atoms with Crippen molar-refractivity contribution in [1.29, 1.82) is 0 Å². The summed E-state index contributed by atoms with van der Waals surface area (Å²) in [5.41, 5.74) is 0.159. The Kier molecular flexibility index (Phi) is 3.81. The summed E-state index contributed by atoms with van der Waals surface area (Å²) in [6, 6.07) is 4.93. The lowest BCUT2D eigenvalue weighted by atomic mass is 9.83. The molecule has 1 fully saturated rings. The molecule has 0 bridgehead atoms. The van der Waals surface area contributed by atoms with Crippen LogP contribution in [0.4, 0.5) is 8.78 Å². The van der Waals surface area contributed by atoms with E-state index >= 15 is 0 Å². The van der Waals surface area contributed by atoms with Gasteiger partial charge in [-0.3, -0.25) is 0 Å². The zero-order chi connectivity index (χ0) is 13.2. The molecule has 0 radical (unpaired) electrons. The van der Waals surface area contributed by atoms with Gasteiger partial charge >= 0.3 is 0 Å². The quantitative estimate of drug-likeness (QED) is 0.764. The molecule has 3 heteroatoms. The van der Waals surface area contributed by atoms with Crippen molar-refractivity contribution < 1.29 is 8.78 Å². The first-order valence-electron chi connectivity index (χ1n) is 6.34. The number of hydrogen-bond acceptors (Lipinski definition) is 1. The van der Waals surface area contributed by atoms with E-state index in [4.69, 9.17) is 0 Å². The molecule has 18 heavy (non-hydrogen) atoms. The Morgan fingerprint density at radius 2 is 2.17 bits per heavy atom. The van der Waals surface area contributed by atoms with Crippen LogP contribution >= 0.6 is 0 Å². The summed E-state index contributed by atoms with van der Waals surface area (Å²) >= 11 is 0. The van der Waals surface area contributed by atoms with Crippen LogP contribution in [0.5, 0.6) is 0 Å². The van der Waals surface area contributed by atoms with E-state index in [2.05, 4.69) is 11.9 Å². The fourth-order valence-corrected chi connectivity index (χ4v) is 1.99. The van der Waals surface area contributed by atoms with Crippen molar-refractivity contribution in [3.63, 3.8) is 0 Å². The van der Waals surface area contributed by atoms with E-state index in [0.717, 1.165) is 12.6 Å². The minimum absolute atomic E-state index is 0.253. The Balaban J connectivity index is 2.07. The van der Waals surface area contributed by atoms with Crippen LogP contribution in [-0.2, 0) is 6.42 Å². The van der Waals surface area contributed by atoms with Gasteiger partial charge in [-0.15, -0.1) is 6.58 Å². The molecular formula is C15H19F2N. The van der Waals surface area contributed by atoms with E-state index < -0.39 is 11.6 Å². The van der Waals surface area contributed by atoms with E-state index in [9.17, 15) is 8.78 Å². The van der Waals surface area contributed by atoms with Crippen molar-refractivity contribution in [2.45, 2.75) is 32.2 Å². The predicted octanol–water partition coefficient (Wildman–Crippen LogP) is 3.45. The fourth-order valence-electron chi connectivity index (χ4n) is 1.99. The van der Waals surface area contributed by atoms with Gasteiger partial charge in [-0.25, -0.2) is 8.78 Å². The van der Waals surface area contributed by atoms with Crippen molar-refractivity contribution in [3.05, 3.63) is 48.1 Å². The molecule has 0 aliphatic heterocycles. The largest absolute Gasteiger partial charge is 0.313 e. The van der Waals surface area contributed by atoms with Gasteiger partial charge in [-0.05, 0) is 30.9 Å². The molecule has 2 rings (SSSR count). The summed E-state index contributed by atoms with van der Waals surface area (Å²) in [4.78, 5) is 0. The van der Waals surface area contributed by atoms with Crippen molar-refractivity contribution in [2.75, 3.05) is 6.54 Å². The van der Waals surface area contributed by atoms with E-state index in [1.165, 1.54) is 12.8 Å². The standard InChI is InChI=1S/C15H19F2N/c1-3-15(2,10-18-12-7-8-12)9-11-5-4-6-13(16)14(11)17/h3-6,12,18H,1,7-10H2,2H3. The molecule has 1 nitrogen and oxygen atoms in total. The van der Waals surface area contributed by atoms with Gasteiger partial charge in [0.1, 0.15) is 0 Å². The third-order valence-corrected chi connectivity index (χ3v) is 3.49. The van der Waals surface area contributed by atoms with Crippen molar-refractivity contribution in [1.82, 2.24) is 5.32 Å². The van der Waals surface area contributed by atoms with Crippen LogP contribution in [0.2, 0.25) is 0 Å². The van der Waals surface area contributed by atoms with Gasteiger partial charge in [-0.2, -0.15) is 0 Å². The number of benzene rings is 1. The molecule has 0 heterocycles. The Bertz CT molecular complexity index is 440. The molecule has 0 aromatic heterocycles. The monoisotopic (exact) mass is 251 g/mol. The lowest BCUT2D eigenvalue weighted by Crippen LogP contribution is -2.33. The van der Waals surface area contributed by atoms with Gasteiger partial charge in [0.15, 0.2) is 11.6 Å². The minimum atomic E-state index is -0.783. The van der Waals surface area contributed by atoms with E-state index in [1.54, 1.807) is 12.1 Å². The van der Waals surface area contributed by atoms with Crippen LogP contribution in [0, 0.1) is 17.0 Å². The molecule has 1 aromatic rings. The van der Waals surface area contributed by atoms with E-state index in [1.807, 2.05) is 13.0 Å². The third-order valence-electron chi connectivity index (χ3n) is 3.49. The second kappa shape index (κ2) is 5.19. The first-order valence-corrected chi connectivity index (χ1v) is 6.34. The highest BCUT2D eigenvalue weighted by Gasteiger charge is 2.27. The number of rotatable bonds is 6. The Morgan fingerprint density at radius 3 is 2.78 bits per heavy atom. The number of hydrogen-bond donors (Lipinski definition) is 1. The van der Waals surface area contributed by atoms with Gasteiger partial charge in [0.25, 0.3) is 0 Å². The fraction of sp³-hybridized carbons (Fsp3) is 0.467. The van der Waals surface area contributed by atoms with E-state index in [0.29, 0.717) is 18.0 Å². The highest BCUT2D eigenvalue weighted by Crippen LogP contribution is 2.27. The van der Waals surface area contributed by atoms with Crippen molar-refractivity contribution >= 4 is 0 Å². The minimum Gasteiger partial charge on any atom is -0.313 e. The van der Waals surface area contributed by atoms with Gasteiger partial charge in [0.2, 0.25) is 0 Å². The van der Waals surface area contributed by atoms with Gasteiger partial charge in [0, 0.05) is 18.0 Å². The molecule has 1 atom stereocenters. The molecule has 0 amide bonds. The Labute approximate surface area is 107 Å².